The molecule has 0 radical (unpaired) electrons. The third-order valence-electron chi connectivity index (χ3n) is 3.35. The van der Waals surface area contributed by atoms with Crippen molar-refractivity contribution in [2.24, 2.45) is 0 Å². The second-order valence-electron chi connectivity index (χ2n) is 5.10. The average Bonchev–Trinajstić information content (AvgIpc) is 2.74. The predicted octanol–water partition coefficient (Wildman–Crippen LogP) is 1.99. The van der Waals surface area contributed by atoms with Crippen molar-refractivity contribution in [3.8, 4) is 0 Å². The number of nitrogens with one attached hydrogen (secondary N) is 2. The van der Waals surface area contributed by atoms with Crippen LogP contribution in [-0.2, 0) is 6.54 Å². The molecule has 2 unspecified atom stereocenters. The van der Waals surface area contributed by atoms with Gasteiger partial charge < -0.3 is 15.2 Å². The van der Waals surface area contributed by atoms with Crippen LogP contribution in [0.15, 0.2) is 10.6 Å². The topological polar surface area (TPSA) is 50.1 Å². The highest BCUT2D eigenvalue weighted by Crippen LogP contribution is 2.12. The zero-order chi connectivity index (χ0) is 12.1. The summed E-state index contributed by atoms with van der Waals surface area (Å²) in [6, 6.07) is 3.18. The Balaban J connectivity index is 1.68. The minimum atomic E-state index is 0.510. The van der Waals surface area contributed by atoms with Gasteiger partial charge in [-0.15, -0.1) is 0 Å². The van der Waals surface area contributed by atoms with Crippen LogP contribution >= 0.6 is 0 Å². The van der Waals surface area contributed by atoms with Crippen LogP contribution in [0.3, 0.4) is 0 Å². The van der Waals surface area contributed by atoms with Crippen LogP contribution in [0.4, 0.5) is 0 Å². The summed E-state index contributed by atoms with van der Waals surface area (Å²) in [7, 11) is 0. The molecule has 1 aromatic rings. The maximum Gasteiger partial charge on any atom is 0.150 e. The Labute approximate surface area is 103 Å². The van der Waals surface area contributed by atoms with Crippen LogP contribution < -0.4 is 10.6 Å². The molecule has 2 heterocycles. The summed E-state index contributed by atoms with van der Waals surface area (Å²) >= 11 is 0. The van der Waals surface area contributed by atoms with E-state index in [4.69, 9.17) is 4.52 Å². The third kappa shape index (κ3) is 4.13. The molecule has 0 aromatic carbocycles. The lowest BCUT2D eigenvalue weighted by Crippen LogP contribution is -2.39. The minimum absolute atomic E-state index is 0.510. The van der Waals surface area contributed by atoms with E-state index < -0.39 is 0 Å². The van der Waals surface area contributed by atoms with Crippen molar-refractivity contribution in [1.29, 1.82) is 0 Å². The molecule has 96 valence electrons. The normalized spacial score (nSPS) is 22.6. The summed E-state index contributed by atoms with van der Waals surface area (Å²) in [5, 5.41) is 10.9. The van der Waals surface area contributed by atoms with E-state index in [1.54, 1.807) is 0 Å². The van der Waals surface area contributed by atoms with E-state index in [1.165, 1.54) is 32.2 Å². The SMILES string of the molecule is Cc1cc(CNC(C)CC2CCCCN2)on1. The minimum Gasteiger partial charge on any atom is -0.360 e. The second kappa shape index (κ2) is 6.17. The number of nitrogens with zero attached hydrogens (tertiary/aromatic N) is 1. The lowest BCUT2D eigenvalue weighted by Gasteiger charge is -2.26. The Morgan fingerprint density at radius 3 is 3.12 bits per heavy atom. The molecule has 1 saturated heterocycles. The lowest BCUT2D eigenvalue weighted by molar-refractivity contribution is 0.327. The van der Waals surface area contributed by atoms with Crippen molar-refractivity contribution in [3.05, 3.63) is 17.5 Å². The van der Waals surface area contributed by atoms with Gasteiger partial charge in [0.2, 0.25) is 0 Å². The smallest absolute Gasteiger partial charge is 0.150 e. The van der Waals surface area contributed by atoms with Gasteiger partial charge in [0.25, 0.3) is 0 Å². The van der Waals surface area contributed by atoms with Crippen LogP contribution in [-0.4, -0.2) is 23.8 Å². The van der Waals surface area contributed by atoms with Gasteiger partial charge in [-0.25, -0.2) is 0 Å². The molecule has 0 spiro atoms. The first-order chi connectivity index (χ1) is 8.24. The van der Waals surface area contributed by atoms with Crippen molar-refractivity contribution in [2.75, 3.05) is 6.54 Å². The number of aryl methyl sites for hydroxylation is 1. The van der Waals surface area contributed by atoms with E-state index in [1.807, 2.05) is 13.0 Å². The van der Waals surface area contributed by atoms with Crippen LogP contribution in [0.25, 0.3) is 0 Å². The zero-order valence-corrected chi connectivity index (χ0v) is 10.8. The van der Waals surface area contributed by atoms with Gasteiger partial charge in [0.15, 0.2) is 5.76 Å². The highest BCUT2D eigenvalue weighted by atomic mass is 16.5. The van der Waals surface area contributed by atoms with Crippen LogP contribution in [0.1, 0.15) is 44.1 Å². The standard InChI is InChI=1S/C13H23N3O/c1-10(7-12-5-3-4-6-14-12)15-9-13-8-11(2)16-17-13/h8,10,12,14-15H,3-7,9H2,1-2H3. The molecule has 4 nitrogen and oxygen atoms in total. The molecule has 17 heavy (non-hydrogen) atoms. The van der Waals surface area contributed by atoms with Gasteiger partial charge in [-0.1, -0.05) is 11.6 Å². The van der Waals surface area contributed by atoms with Crippen LogP contribution in [0, 0.1) is 6.92 Å². The Kier molecular flexibility index (Phi) is 4.57. The Morgan fingerprint density at radius 2 is 2.47 bits per heavy atom. The molecular weight excluding hydrogens is 214 g/mol. The summed E-state index contributed by atoms with van der Waals surface area (Å²) in [5.74, 6) is 0.922. The number of hydrogen-bond acceptors (Lipinski definition) is 4. The van der Waals surface area contributed by atoms with Gasteiger partial charge in [0.1, 0.15) is 0 Å². The van der Waals surface area contributed by atoms with Crippen molar-refractivity contribution in [2.45, 2.75) is 58.2 Å². The number of aromatic nitrogens is 1. The lowest BCUT2D eigenvalue weighted by atomic mass is 9.99. The molecule has 2 rings (SSSR count). The number of hydrogen-bond donors (Lipinski definition) is 2. The number of piperidine rings is 1. The van der Waals surface area contributed by atoms with Gasteiger partial charge in [-0.05, 0) is 39.7 Å². The van der Waals surface area contributed by atoms with E-state index >= 15 is 0 Å². The molecule has 2 N–H and O–H groups in total. The first-order valence-corrected chi connectivity index (χ1v) is 6.63. The molecule has 0 aliphatic carbocycles. The second-order valence-corrected chi connectivity index (χ2v) is 5.10. The van der Waals surface area contributed by atoms with Gasteiger partial charge >= 0.3 is 0 Å². The van der Waals surface area contributed by atoms with Gasteiger partial charge in [-0.3, -0.25) is 0 Å². The first-order valence-electron chi connectivity index (χ1n) is 6.63. The van der Waals surface area contributed by atoms with Crippen LogP contribution in [0.2, 0.25) is 0 Å². The Hall–Kier alpha value is -0.870. The summed E-state index contributed by atoms with van der Waals surface area (Å²) in [6.45, 7) is 6.13. The number of rotatable bonds is 5. The third-order valence-corrected chi connectivity index (χ3v) is 3.35. The zero-order valence-electron chi connectivity index (χ0n) is 10.8. The molecule has 0 bridgehead atoms. The maximum atomic E-state index is 5.18. The van der Waals surface area contributed by atoms with E-state index in [9.17, 15) is 0 Å². The van der Waals surface area contributed by atoms with E-state index in [0.29, 0.717) is 12.1 Å². The van der Waals surface area contributed by atoms with Crippen molar-refractivity contribution >= 4 is 0 Å². The van der Waals surface area contributed by atoms with Crippen molar-refractivity contribution in [1.82, 2.24) is 15.8 Å². The Morgan fingerprint density at radius 1 is 1.59 bits per heavy atom. The predicted molar refractivity (Wildman–Crippen MR) is 67.8 cm³/mol. The first kappa shape index (κ1) is 12.6. The maximum absolute atomic E-state index is 5.18. The molecule has 1 aliphatic rings. The van der Waals surface area contributed by atoms with Gasteiger partial charge in [0, 0.05) is 18.2 Å². The molecular formula is C13H23N3O. The van der Waals surface area contributed by atoms with E-state index in [2.05, 4.69) is 22.7 Å². The summed E-state index contributed by atoms with van der Waals surface area (Å²) in [5.41, 5.74) is 0.948. The molecule has 0 saturated carbocycles. The fourth-order valence-electron chi connectivity index (χ4n) is 2.41. The van der Waals surface area contributed by atoms with E-state index in [0.717, 1.165) is 18.0 Å². The highest BCUT2D eigenvalue weighted by Gasteiger charge is 2.15. The van der Waals surface area contributed by atoms with Crippen molar-refractivity contribution in [3.63, 3.8) is 0 Å². The molecule has 2 atom stereocenters. The largest absolute Gasteiger partial charge is 0.360 e. The molecule has 0 amide bonds. The fraction of sp³-hybridized carbons (Fsp3) is 0.769. The summed E-state index contributed by atoms with van der Waals surface area (Å²) in [4.78, 5) is 0. The van der Waals surface area contributed by atoms with E-state index in [-0.39, 0.29) is 0 Å². The summed E-state index contributed by atoms with van der Waals surface area (Å²) in [6.07, 6.45) is 5.20. The van der Waals surface area contributed by atoms with Crippen molar-refractivity contribution < 1.29 is 4.52 Å². The van der Waals surface area contributed by atoms with Gasteiger partial charge in [-0.2, -0.15) is 0 Å². The Bertz CT molecular complexity index is 331. The fourth-order valence-corrected chi connectivity index (χ4v) is 2.41. The molecule has 4 heteroatoms. The highest BCUT2D eigenvalue weighted by molar-refractivity contribution is 5.02. The average molecular weight is 237 g/mol. The van der Waals surface area contributed by atoms with Gasteiger partial charge in [0.05, 0.1) is 12.2 Å². The molecule has 1 aliphatic heterocycles. The summed E-state index contributed by atoms with van der Waals surface area (Å²) < 4.78 is 5.18. The monoisotopic (exact) mass is 237 g/mol. The molecule has 1 aromatic heterocycles. The molecule has 1 fully saturated rings. The quantitative estimate of drug-likeness (QED) is 0.822. The van der Waals surface area contributed by atoms with Crippen LogP contribution in [0.5, 0.6) is 0 Å².